The Morgan fingerprint density at radius 1 is 1.23 bits per heavy atom. The molecule has 7 heteroatoms. The van der Waals surface area contributed by atoms with Crippen LogP contribution in [0.4, 0.5) is 0 Å². The maximum Gasteiger partial charge on any atom is 0.195 e. The number of carbonyl (C=O) groups is 1. The SMILES string of the molecule is Cc1cc(C=NCC(=O)c2cc(-c3ccc(Cl)cc3Cl)ns2)ccc1O. The van der Waals surface area contributed by atoms with Crippen LogP contribution in [0.25, 0.3) is 11.3 Å². The van der Waals surface area contributed by atoms with Crippen molar-refractivity contribution in [2.75, 3.05) is 6.54 Å². The Bertz CT molecular complexity index is 999. The lowest BCUT2D eigenvalue weighted by molar-refractivity contribution is 0.101. The monoisotopic (exact) mass is 404 g/mol. The third kappa shape index (κ3) is 4.30. The fourth-order valence-corrected chi connectivity index (χ4v) is 3.49. The second kappa shape index (κ2) is 7.99. The van der Waals surface area contributed by atoms with Crippen molar-refractivity contribution in [2.24, 2.45) is 4.99 Å². The van der Waals surface area contributed by atoms with Gasteiger partial charge in [-0.15, -0.1) is 0 Å². The minimum absolute atomic E-state index is 0.0237. The van der Waals surface area contributed by atoms with Crippen molar-refractivity contribution in [1.29, 1.82) is 0 Å². The van der Waals surface area contributed by atoms with Gasteiger partial charge in [-0.25, -0.2) is 0 Å². The first-order valence-corrected chi connectivity index (χ1v) is 9.22. The summed E-state index contributed by atoms with van der Waals surface area (Å²) in [6.07, 6.45) is 1.61. The lowest BCUT2D eigenvalue weighted by Crippen LogP contribution is -2.01. The van der Waals surface area contributed by atoms with E-state index in [2.05, 4.69) is 9.37 Å². The Balaban J connectivity index is 1.70. The number of Topliss-reactive ketones (excluding diaryl/α,β-unsaturated/α-hetero) is 1. The van der Waals surface area contributed by atoms with Crippen molar-refractivity contribution in [3.8, 4) is 17.0 Å². The molecule has 3 aromatic rings. The number of hydrogen-bond acceptors (Lipinski definition) is 5. The van der Waals surface area contributed by atoms with Gasteiger partial charge in [0.2, 0.25) is 0 Å². The van der Waals surface area contributed by atoms with Gasteiger partial charge in [-0.2, -0.15) is 4.37 Å². The average Bonchev–Trinajstić information content (AvgIpc) is 3.08. The van der Waals surface area contributed by atoms with Gasteiger partial charge >= 0.3 is 0 Å². The predicted molar refractivity (Wildman–Crippen MR) is 107 cm³/mol. The van der Waals surface area contributed by atoms with Crippen LogP contribution in [0.1, 0.15) is 20.8 Å². The minimum Gasteiger partial charge on any atom is -0.508 e. The molecule has 0 bridgehead atoms. The van der Waals surface area contributed by atoms with Crippen LogP contribution in [0.3, 0.4) is 0 Å². The summed E-state index contributed by atoms with van der Waals surface area (Å²) in [5, 5.41) is 10.5. The van der Waals surface area contributed by atoms with Crippen molar-refractivity contribution in [2.45, 2.75) is 6.92 Å². The zero-order valence-corrected chi connectivity index (χ0v) is 16.1. The van der Waals surface area contributed by atoms with Gasteiger partial charge in [-0.1, -0.05) is 23.2 Å². The summed E-state index contributed by atoms with van der Waals surface area (Å²) in [7, 11) is 0. The van der Waals surface area contributed by atoms with E-state index in [-0.39, 0.29) is 18.1 Å². The molecule has 0 spiro atoms. The number of aromatic hydroxyl groups is 1. The second-order valence-corrected chi connectivity index (χ2v) is 7.29. The number of aromatic nitrogens is 1. The van der Waals surface area contributed by atoms with Gasteiger partial charge in [0, 0.05) is 16.8 Å². The number of carbonyl (C=O) groups excluding carboxylic acids is 1. The third-order valence-electron chi connectivity index (χ3n) is 3.69. The second-order valence-electron chi connectivity index (χ2n) is 5.64. The molecule has 0 saturated carbocycles. The number of phenols is 1. The van der Waals surface area contributed by atoms with Crippen molar-refractivity contribution >= 4 is 46.7 Å². The van der Waals surface area contributed by atoms with Gasteiger partial charge < -0.3 is 5.11 Å². The first-order valence-electron chi connectivity index (χ1n) is 7.69. The summed E-state index contributed by atoms with van der Waals surface area (Å²) in [6, 6.07) is 12.0. The average molecular weight is 405 g/mol. The molecule has 2 aromatic carbocycles. The molecule has 0 unspecified atom stereocenters. The maximum absolute atomic E-state index is 12.3. The summed E-state index contributed by atoms with van der Waals surface area (Å²) < 4.78 is 4.30. The molecule has 1 aromatic heterocycles. The van der Waals surface area contributed by atoms with E-state index in [0.29, 0.717) is 20.6 Å². The van der Waals surface area contributed by atoms with Crippen LogP contribution in [-0.4, -0.2) is 28.0 Å². The fraction of sp³-hybridized carbons (Fsp3) is 0.105. The van der Waals surface area contributed by atoms with Crippen LogP contribution in [0.15, 0.2) is 47.5 Å². The summed E-state index contributed by atoms with van der Waals surface area (Å²) >= 11 is 13.2. The fourth-order valence-electron chi connectivity index (χ4n) is 2.30. The lowest BCUT2D eigenvalue weighted by Gasteiger charge is -2.00. The molecule has 1 heterocycles. The first-order chi connectivity index (χ1) is 12.4. The normalized spacial score (nSPS) is 11.2. The highest BCUT2D eigenvalue weighted by molar-refractivity contribution is 7.08. The first kappa shape index (κ1) is 18.6. The van der Waals surface area contributed by atoms with Crippen LogP contribution in [-0.2, 0) is 0 Å². The molecular formula is C19H14Cl2N2O2S. The Morgan fingerprint density at radius 2 is 2.04 bits per heavy atom. The number of nitrogens with zero attached hydrogens (tertiary/aromatic N) is 2. The van der Waals surface area contributed by atoms with Crippen LogP contribution in [0, 0.1) is 6.92 Å². The molecule has 3 rings (SSSR count). The highest BCUT2D eigenvalue weighted by Gasteiger charge is 2.13. The van der Waals surface area contributed by atoms with Crippen molar-refractivity contribution in [3.63, 3.8) is 0 Å². The number of ketones is 1. The highest BCUT2D eigenvalue weighted by Crippen LogP contribution is 2.31. The van der Waals surface area contributed by atoms with Crippen LogP contribution >= 0.6 is 34.7 Å². The third-order valence-corrected chi connectivity index (χ3v) is 5.07. The van der Waals surface area contributed by atoms with E-state index in [1.807, 2.05) is 0 Å². The van der Waals surface area contributed by atoms with Gasteiger partial charge in [-0.05, 0) is 72.0 Å². The molecule has 0 amide bonds. The molecule has 0 aliphatic heterocycles. The number of aliphatic imine (C=N–C) groups is 1. The van der Waals surface area contributed by atoms with E-state index >= 15 is 0 Å². The minimum atomic E-state index is -0.120. The summed E-state index contributed by atoms with van der Waals surface area (Å²) in [6.45, 7) is 1.83. The van der Waals surface area contributed by atoms with Gasteiger partial charge in [0.25, 0.3) is 0 Å². The van der Waals surface area contributed by atoms with Gasteiger partial charge in [0.15, 0.2) is 5.78 Å². The molecule has 0 aliphatic rings. The number of hydrogen-bond donors (Lipinski definition) is 1. The summed E-state index contributed by atoms with van der Waals surface area (Å²) in [4.78, 5) is 17.0. The quantitative estimate of drug-likeness (QED) is 0.455. The number of aryl methyl sites for hydroxylation is 1. The molecule has 1 N–H and O–H groups in total. The van der Waals surface area contributed by atoms with Crippen LogP contribution in [0.2, 0.25) is 10.0 Å². The Labute approximate surface area is 164 Å². The maximum atomic E-state index is 12.3. The highest BCUT2D eigenvalue weighted by atomic mass is 35.5. The molecule has 4 nitrogen and oxygen atoms in total. The number of phenolic OH excluding ortho intramolecular Hbond substituents is 1. The van der Waals surface area contributed by atoms with Gasteiger partial charge in [-0.3, -0.25) is 9.79 Å². The predicted octanol–water partition coefficient (Wildman–Crippen LogP) is 5.43. The zero-order chi connectivity index (χ0) is 18.7. The standard InChI is InChI=1S/C19H14Cl2N2O2S/c1-11-6-12(2-5-17(11)24)9-22-10-18(25)19-8-16(23-26-19)14-4-3-13(20)7-15(14)21/h2-9,24H,10H2,1H3. The van der Waals surface area contributed by atoms with E-state index in [9.17, 15) is 9.90 Å². The summed E-state index contributed by atoms with van der Waals surface area (Å²) in [5.74, 6) is 0.113. The van der Waals surface area contributed by atoms with Crippen molar-refractivity contribution in [3.05, 3.63) is 68.5 Å². The van der Waals surface area contributed by atoms with Crippen molar-refractivity contribution in [1.82, 2.24) is 4.37 Å². The van der Waals surface area contributed by atoms with Crippen LogP contribution < -0.4 is 0 Å². The van der Waals surface area contributed by atoms with E-state index in [4.69, 9.17) is 23.2 Å². The lowest BCUT2D eigenvalue weighted by atomic mass is 10.1. The topological polar surface area (TPSA) is 62.5 Å². The molecule has 0 saturated heterocycles. The molecule has 0 atom stereocenters. The van der Waals surface area contributed by atoms with E-state index < -0.39 is 0 Å². The molecule has 0 aliphatic carbocycles. The Kier molecular flexibility index (Phi) is 5.71. The largest absolute Gasteiger partial charge is 0.508 e. The smallest absolute Gasteiger partial charge is 0.195 e. The number of rotatable bonds is 5. The van der Waals surface area contributed by atoms with E-state index in [1.165, 1.54) is 0 Å². The number of halogens is 2. The van der Waals surface area contributed by atoms with E-state index in [0.717, 1.165) is 28.2 Å². The summed E-state index contributed by atoms with van der Waals surface area (Å²) in [5.41, 5.74) is 2.95. The Hall–Kier alpha value is -2.21. The molecule has 0 radical (unpaired) electrons. The van der Waals surface area contributed by atoms with Crippen molar-refractivity contribution < 1.29 is 9.90 Å². The van der Waals surface area contributed by atoms with Crippen LogP contribution in [0.5, 0.6) is 5.75 Å². The molecule has 26 heavy (non-hydrogen) atoms. The molecule has 0 fully saturated rings. The molecular weight excluding hydrogens is 391 g/mol. The van der Waals surface area contributed by atoms with Gasteiger partial charge in [0.1, 0.15) is 12.3 Å². The van der Waals surface area contributed by atoms with Gasteiger partial charge in [0.05, 0.1) is 15.6 Å². The zero-order valence-electron chi connectivity index (χ0n) is 13.7. The van der Waals surface area contributed by atoms with E-state index in [1.54, 1.807) is 55.6 Å². The molecule has 132 valence electrons. The Morgan fingerprint density at radius 3 is 2.77 bits per heavy atom. The number of benzene rings is 2.